The molecule has 0 spiro atoms. The number of nitrogens with one attached hydrogen (secondary N) is 3. The number of carboxylic acids is 1. The van der Waals surface area contributed by atoms with Crippen LogP contribution in [0.5, 0.6) is 0 Å². The van der Waals surface area contributed by atoms with Gasteiger partial charge in [-0.1, -0.05) is 12.1 Å². The van der Waals surface area contributed by atoms with Gasteiger partial charge in [-0.3, -0.25) is 19.4 Å². The van der Waals surface area contributed by atoms with Crippen molar-refractivity contribution in [1.29, 1.82) is 0 Å². The van der Waals surface area contributed by atoms with Crippen LogP contribution in [-0.2, 0) is 11.3 Å². The Bertz CT molecular complexity index is 1320. The number of guanidine groups is 1. The standard InChI is InChI=1S/C25H23N5O5.ClH/c31-22(32)13-20(21-5-2-10-35-21)30-14-16-6-7-18(12-19(16)24(30)34)28-23(33)15-3-1-4-17(11-15)29-25-26-8-9-27-25;/h1-7,10-12,20H,8-9,13-14H2,(H,28,33)(H,31,32)(H2,26,27,29);1H. The van der Waals surface area contributed by atoms with Crippen LogP contribution in [0.4, 0.5) is 11.4 Å². The molecule has 0 saturated heterocycles. The number of benzene rings is 2. The van der Waals surface area contributed by atoms with Crippen LogP contribution in [0.3, 0.4) is 0 Å². The van der Waals surface area contributed by atoms with Crippen molar-refractivity contribution in [3.05, 3.63) is 83.3 Å². The Morgan fingerprint density at radius 2 is 2.00 bits per heavy atom. The number of carbonyl (C=O) groups is 3. The van der Waals surface area contributed by atoms with E-state index in [1.807, 2.05) is 6.07 Å². The maximum atomic E-state index is 13.2. The van der Waals surface area contributed by atoms with E-state index < -0.39 is 12.0 Å². The number of fused-ring (bicyclic) bond motifs is 1. The summed E-state index contributed by atoms with van der Waals surface area (Å²) in [6.45, 7) is 1.73. The Morgan fingerprint density at radius 3 is 2.72 bits per heavy atom. The molecule has 0 aliphatic carbocycles. The highest BCUT2D eigenvalue weighted by atomic mass is 35.5. The summed E-state index contributed by atoms with van der Waals surface area (Å²) in [6, 6.07) is 14.7. The van der Waals surface area contributed by atoms with Gasteiger partial charge in [0, 0.05) is 35.6 Å². The summed E-state index contributed by atoms with van der Waals surface area (Å²) in [4.78, 5) is 43.3. The van der Waals surface area contributed by atoms with Crippen LogP contribution in [0.15, 0.2) is 70.3 Å². The minimum absolute atomic E-state index is 0. The molecule has 1 atom stereocenters. The molecule has 2 amide bonds. The monoisotopic (exact) mass is 509 g/mol. The van der Waals surface area contributed by atoms with E-state index in [4.69, 9.17) is 4.42 Å². The fourth-order valence-corrected chi connectivity index (χ4v) is 4.22. The van der Waals surface area contributed by atoms with E-state index in [0.717, 1.165) is 17.8 Å². The highest BCUT2D eigenvalue weighted by Gasteiger charge is 2.36. The first-order chi connectivity index (χ1) is 17.0. The van der Waals surface area contributed by atoms with Gasteiger partial charge in [0.2, 0.25) is 0 Å². The van der Waals surface area contributed by atoms with Crippen LogP contribution in [0.2, 0.25) is 0 Å². The van der Waals surface area contributed by atoms with E-state index in [-0.39, 0.29) is 37.2 Å². The number of furan rings is 1. The molecule has 3 heterocycles. The molecule has 2 aromatic carbocycles. The summed E-state index contributed by atoms with van der Waals surface area (Å²) >= 11 is 0. The first-order valence-electron chi connectivity index (χ1n) is 11.1. The lowest BCUT2D eigenvalue weighted by atomic mass is 10.1. The van der Waals surface area contributed by atoms with Crippen LogP contribution in [0, 0.1) is 0 Å². The molecule has 0 bridgehead atoms. The number of anilines is 2. The van der Waals surface area contributed by atoms with E-state index in [0.29, 0.717) is 35.1 Å². The van der Waals surface area contributed by atoms with Crippen molar-refractivity contribution in [3.8, 4) is 0 Å². The Balaban J connectivity index is 0.00000304. The number of hydrogen-bond donors (Lipinski definition) is 4. The molecule has 4 N–H and O–H groups in total. The second-order valence-corrected chi connectivity index (χ2v) is 8.25. The largest absolute Gasteiger partial charge is 0.481 e. The SMILES string of the molecule is Cl.O=C(O)CC(c1ccco1)N1Cc2ccc(NC(=O)c3cccc(NC4=NCCN4)c3)cc2C1=O. The summed E-state index contributed by atoms with van der Waals surface area (Å²) in [6.07, 6.45) is 1.18. The molecular formula is C25H24ClN5O5. The zero-order valence-electron chi connectivity index (χ0n) is 19.1. The predicted molar refractivity (Wildman–Crippen MR) is 136 cm³/mol. The minimum atomic E-state index is -1.03. The highest BCUT2D eigenvalue weighted by Crippen LogP contribution is 2.35. The summed E-state index contributed by atoms with van der Waals surface area (Å²) in [5.74, 6) is -0.587. The van der Waals surface area contributed by atoms with Gasteiger partial charge in [0.15, 0.2) is 5.96 Å². The number of nitrogens with zero attached hydrogens (tertiary/aromatic N) is 2. The normalized spacial score (nSPS) is 14.8. The van der Waals surface area contributed by atoms with Crippen molar-refractivity contribution in [1.82, 2.24) is 10.2 Å². The molecule has 10 nitrogen and oxygen atoms in total. The maximum Gasteiger partial charge on any atom is 0.305 e. The zero-order valence-corrected chi connectivity index (χ0v) is 19.9. The summed E-state index contributed by atoms with van der Waals surface area (Å²) in [5, 5.41) is 18.4. The molecule has 0 radical (unpaired) electrons. The fraction of sp³-hybridized carbons (Fsp3) is 0.200. The van der Waals surface area contributed by atoms with Gasteiger partial charge in [0.25, 0.3) is 11.8 Å². The maximum absolute atomic E-state index is 13.2. The smallest absolute Gasteiger partial charge is 0.305 e. The number of rotatable bonds is 7. The Morgan fingerprint density at radius 1 is 1.14 bits per heavy atom. The van der Waals surface area contributed by atoms with E-state index in [2.05, 4.69) is 20.9 Å². The van der Waals surface area contributed by atoms with Gasteiger partial charge >= 0.3 is 5.97 Å². The average Bonchev–Trinajstić information content (AvgIpc) is 3.61. The predicted octanol–water partition coefficient (Wildman–Crippen LogP) is 3.50. The van der Waals surface area contributed by atoms with Gasteiger partial charge in [0.05, 0.1) is 19.2 Å². The van der Waals surface area contributed by atoms with Crippen LogP contribution in [0.25, 0.3) is 0 Å². The molecule has 186 valence electrons. The quantitative estimate of drug-likeness (QED) is 0.382. The molecule has 11 heteroatoms. The third kappa shape index (κ3) is 5.18. The number of hydrogen-bond acceptors (Lipinski definition) is 7. The molecule has 36 heavy (non-hydrogen) atoms. The lowest BCUT2D eigenvalue weighted by molar-refractivity contribution is -0.138. The lowest BCUT2D eigenvalue weighted by Crippen LogP contribution is -2.30. The number of carboxylic acid groups (broad SMARTS) is 1. The van der Waals surface area contributed by atoms with Gasteiger partial charge in [-0.2, -0.15) is 0 Å². The molecular weight excluding hydrogens is 486 g/mol. The van der Waals surface area contributed by atoms with Crippen molar-refractivity contribution in [2.24, 2.45) is 4.99 Å². The van der Waals surface area contributed by atoms with Crippen LogP contribution >= 0.6 is 12.4 Å². The third-order valence-electron chi connectivity index (χ3n) is 5.88. The number of carbonyl (C=O) groups excluding carboxylic acids is 2. The Kier molecular flexibility index (Phi) is 7.25. The lowest BCUT2D eigenvalue weighted by Gasteiger charge is -2.24. The molecule has 1 aromatic heterocycles. The summed E-state index contributed by atoms with van der Waals surface area (Å²) in [5.41, 5.74) is 2.82. The molecule has 2 aliphatic heterocycles. The van der Waals surface area contributed by atoms with Crippen LogP contribution < -0.4 is 16.0 Å². The molecule has 3 aromatic rings. The van der Waals surface area contributed by atoms with Crippen molar-refractivity contribution in [2.45, 2.75) is 19.0 Å². The van der Waals surface area contributed by atoms with Gasteiger partial charge < -0.3 is 30.4 Å². The van der Waals surface area contributed by atoms with E-state index >= 15 is 0 Å². The minimum Gasteiger partial charge on any atom is -0.481 e. The third-order valence-corrected chi connectivity index (χ3v) is 5.88. The van der Waals surface area contributed by atoms with Crippen molar-refractivity contribution in [3.63, 3.8) is 0 Å². The molecule has 5 rings (SSSR count). The molecule has 0 fully saturated rings. The first-order valence-corrected chi connectivity index (χ1v) is 11.1. The van der Waals surface area contributed by atoms with Crippen molar-refractivity contribution in [2.75, 3.05) is 23.7 Å². The average molecular weight is 510 g/mol. The second kappa shape index (κ2) is 10.5. The Labute approximate surface area is 212 Å². The summed E-state index contributed by atoms with van der Waals surface area (Å²) in [7, 11) is 0. The van der Waals surface area contributed by atoms with Crippen molar-refractivity contribution < 1.29 is 23.9 Å². The highest BCUT2D eigenvalue weighted by molar-refractivity contribution is 6.07. The number of amides is 2. The van der Waals surface area contributed by atoms with E-state index in [9.17, 15) is 19.5 Å². The topological polar surface area (TPSA) is 136 Å². The summed E-state index contributed by atoms with van der Waals surface area (Å²) < 4.78 is 5.40. The van der Waals surface area contributed by atoms with Gasteiger partial charge in [-0.05, 0) is 48.0 Å². The Hall–Kier alpha value is -4.31. The van der Waals surface area contributed by atoms with Crippen LogP contribution in [0.1, 0.15) is 44.5 Å². The second-order valence-electron chi connectivity index (χ2n) is 8.25. The number of halogens is 1. The van der Waals surface area contributed by atoms with Crippen LogP contribution in [-0.4, -0.2) is 46.8 Å². The molecule has 0 saturated carbocycles. The fourth-order valence-electron chi connectivity index (χ4n) is 4.22. The van der Waals surface area contributed by atoms with E-state index in [1.165, 1.54) is 11.2 Å². The van der Waals surface area contributed by atoms with Gasteiger partial charge in [-0.25, -0.2) is 0 Å². The van der Waals surface area contributed by atoms with Crippen molar-refractivity contribution >= 4 is 47.5 Å². The van der Waals surface area contributed by atoms with Gasteiger partial charge in [0.1, 0.15) is 11.8 Å². The number of aliphatic imine (C=N–C) groups is 1. The zero-order chi connectivity index (χ0) is 24.4. The van der Waals surface area contributed by atoms with E-state index in [1.54, 1.807) is 48.5 Å². The molecule has 2 aliphatic rings. The van der Waals surface area contributed by atoms with Gasteiger partial charge in [-0.15, -0.1) is 12.4 Å². The first kappa shape index (κ1) is 24.8. The number of aliphatic carboxylic acids is 1. The molecule has 1 unspecified atom stereocenters.